The van der Waals surface area contributed by atoms with Crippen molar-refractivity contribution in [2.75, 3.05) is 28.4 Å². The fraction of sp³-hybridized carbons (Fsp3) is 0.250. The molecule has 0 aromatic heterocycles. The SMILES string of the molecule is COc1ccc2ccc(OC)c3c2c1CN1C(=O)N2Cc4c(c(OC)c([N+](=O)[O-])c([N+](=O)[O-])c4OC)CN4C(=O)N(C3)C1(c1ccccc1)C24c1ccccc1. The molecule has 16 nitrogen and oxygen atoms in total. The molecule has 9 rings (SSSR count). The van der Waals surface area contributed by atoms with Gasteiger partial charge >= 0.3 is 23.4 Å². The van der Waals surface area contributed by atoms with Gasteiger partial charge in [0.15, 0.2) is 11.3 Å². The highest BCUT2D eigenvalue weighted by atomic mass is 16.6. The van der Waals surface area contributed by atoms with E-state index in [-0.39, 0.29) is 37.3 Å². The summed E-state index contributed by atoms with van der Waals surface area (Å²) in [5, 5.41) is 26.9. The van der Waals surface area contributed by atoms with E-state index in [1.54, 1.807) is 24.0 Å². The van der Waals surface area contributed by atoms with Gasteiger partial charge < -0.3 is 18.9 Å². The molecule has 5 aromatic carbocycles. The molecule has 0 spiro atoms. The minimum Gasteiger partial charge on any atom is -0.496 e. The quantitative estimate of drug-likeness (QED) is 0.124. The Hall–Kier alpha value is -7.10. The van der Waals surface area contributed by atoms with E-state index >= 15 is 9.59 Å². The van der Waals surface area contributed by atoms with Gasteiger partial charge in [-0.15, -0.1) is 0 Å². The van der Waals surface area contributed by atoms with Crippen molar-refractivity contribution in [3.05, 3.63) is 139 Å². The average Bonchev–Trinajstić information content (AvgIpc) is 3.44. The van der Waals surface area contributed by atoms with Crippen LogP contribution in [0.15, 0.2) is 84.9 Å². The minimum atomic E-state index is -1.71. The van der Waals surface area contributed by atoms with Crippen LogP contribution in [0.4, 0.5) is 21.0 Å². The number of rotatable bonds is 8. The predicted molar refractivity (Wildman–Crippen MR) is 199 cm³/mol. The summed E-state index contributed by atoms with van der Waals surface area (Å²) < 4.78 is 23.2. The number of fused-ring (bicyclic) bond motifs is 1. The van der Waals surface area contributed by atoms with Crippen LogP contribution in [-0.4, -0.2) is 69.9 Å². The maximum absolute atomic E-state index is 15.8. The fourth-order valence-electron chi connectivity index (χ4n) is 9.73. The number of hydrogen-bond acceptors (Lipinski definition) is 10. The van der Waals surface area contributed by atoms with E-state index in [1.807, 2.05) is 84.9 Å². The summed E-state index contributed by atoms with van der Waals surface area (Å²) in [5.74, 6) is 0.229. The standard InChI is InChI=1S/C40H34N6O10/c1-53-30-17-15-23-16-18-31(54-2)29-22-44-38(48)42-20-27-26(35(55-3)33(45(49)50)34(46(51)52)36(27)56-4)19-41-37(47)43(21-28(30)32(23)29)40(44,25-13-9-6-10-14-25)39(41,42)24-11-7-5-8-12-24/h5-18H,19-22H2,1-4H3. The zero-order valence-electron chi connectivity index (χ0n) is 30.7. The van der Waals surface area contributed by atoms with Crippen molar-refractivity contribution in [1.82, 2.24) is 19.6 Å². The second kappa shape index (κ2) is 12.2. The first-order valence-electron chi connectivity index (χ1n) is 17.6. The Morgan fingerprint density at radius 3 is 1.20 bits per heavy atom. The lowest BCUT2D eigenvalue weighted by Gasteiger charge is -2.50. The van der Waals surface area contributed by atoms with Crippen LogP contribution in [0, 0.1) is 20.2 Å². The van der Waals surface area contributed by atoms with Gasteiger partial charge in [-0.25, -0.2) is 9.59 Å². The summed E-state index contributed by atoms with van der Waals surface area (Å²) in [6.45, 7) is -0.793. The number of ether oxygens (including phenoxy) is 4. The largest absolute Gasteiger partial charge is 0.496 e. The van der Waals surface area contributed by atoms with Crippen molar-refractivity contribution >= 4 is 34.2 Å². The van der Waals surface area contributed by atoms with Crippen molar-refractivity contribution < 1.29 is 38.4 Å². The van der Waals surface area contributed by atoms with Gasteiger partial charge in [-0.05, 0) is 22.9 Å². The van der Waals surface area contributed by atoms with Crippen molar-refractivity contribution in [1.29, 1.82) is 0 Å². The van der Waals surface area contributed by atoms with Crippen molar-refractivity contribution in [3.8, 4) is 23.0 Å². The van der Waals surface area contributed by atoms with Crippen LogP contribution in [0.5, 0.6) is 23.0 Å². The van der Waals surface area contributed by atoms with Crippen LogP contribution in [-0.2, 0) is 37.5 Å². The maximum atomic E-state index is 15.8. The Bertz CT molecular complexity index is 2410. The van der Waals surface area contributed by atoms with Gasteiger partial charge in [0.05, 0.1) is 64.5 Å². The minimum absolute atomic E-state index is 0.0369. The van der Waals surface area contributed by atoms with Crippen LogP contribution < -0.4 is 18.9 Å². The molecule has 0 saturated carbocycles. The topological polar surface area (TPSA) is 170 Å². The second-order valence-corrected chi connectivity index (χ2v) is 13.8. The van der Waals surface area contributed by atoms with Gasteiger partial charge in [-0.2, -0.15) is 0 Å². The molecule has 2 fully saturated rings. The first-order valence-corrected chi connectivity index (χ1v) is 17.6. The van der Waals surface area contributed by atoms with E-state index in [0.717, 1.165) is 10.8 Å². The van der Waals surface area contributed by atoms with Gasteiger partial charge in [0, 0.05) is 33.4 Å². The first-order chi connectivity index (χ1) is 27.1. The molecule has 0 unspecified atom stereocenters. The molecular weight excluding hydrogens is 724 g/mol. The summed E-state index contributed by atoms with van der Waals surface area (Å²) in [5.41, 5.74) is -2.46. The number of nitrogens with zero attached hydrogens (tertiary/aromatic N) is 6. The van der Waals surface area contributed by atoms with Crippen LogP contribution in [0.3, 0.4) is 0 Å². The van der Waals surface area contributed by atoms with Crippen molar-refractivity contribution in [3.63, 3.8) is 0 Å². The molecule has 0 radical (unpaired) electrons. The van der Waals surface area contributed by atoms with Crippen LogP contribution >= 0.6 is 0 Å². The summed E-state index contributed by atoms with van der Waals surface area (Å²) in [6.07, 6.45) is 0. The lowest BCUT2D eigenvalue weighted by Crippen LogP contribution is -2.63. The van der Waals surface area contributed by atoms with Gasteiger partial charge in [0.25, 0.3) is 0 Å². The lowest BCUT2D eigenvalue weighted by atomic mass is 9.78. The van der Waals surface area contributed by atoms with E-state index in [0.29, 0.717) is 33.8 Å². The molecule has 284 valence electrons. The van der Waals surface area contributed by atoms with Crippen molar-refractivity contribution in [2.24, 2.45) is 0 Å². The molecule has 0 bridgehead atoms. The smallest absolute Gasteiger partial charge is 0.391 e. The third-order valence-electron chi connectivity index (χ3n) is 11.7. The van der Waals surface area contributed by atoms with Gasteiger partial charge in [0.1, 0.15) is 11.5 Å². The zero-order chi connectivity index (χ0) is 39.3. The maximum Gasteiger partial charge on any atom is 0.391 e. The summed E-state index contributed by atoms with van der Waals surface area (Å²) in [6, 6.07) is 24.9. The Balaban J connectivity index is 1.46. The third kappa shape index (κ3) is 4.07. The Labute approximate surface area is 319 Å². The normalized spacial score (nSPS) is 20.6. The number of amides is 4. The molecule has 4 aliphatic rings. The number of carbonyl (C=O) groups is 2. The predicted octanol–water partition coefficient (Wildman–Crippen LogP) is 6.60. The highest BCUT2D eigenvalue weighted by molar-refractivity contribution is 5.96. The van der Waals surface area contributed by atoms with Crippen LogP contribution in [0.2, 0.25) is 0 Å². The summed E-state index contributed by atoms with van der Waals surface area (Å²) in [4.78, 5) is 61.7. The van der Waals surface area contributed by atoms with Crippen LogP contribution in [0.25, 0.3) is 10.8 Å². The summed E-state index contributed by atoms with van der Waals surface area (Å²) in [7, 11) is 5.47. The Morgan fingerprint density at radius 2 is 0.875 bits per heavy atom. The molecule has 5 aromatic rings. The van der Waals surface area contributed by atoms with E-state index in [2.05, 4.69) is 0 Å². The number of carbonyl (C=O) groups excluding carboxylic acids is 2. The molecule has 16 heteroatoms. The highest BCUT2D eigenvalue weighted by Gasteiger charge is 2.80. The lowest BCUT2D eigenvalue weighted by molar-refractivity contribution is -0.423. The molecule has 0 aliphatic carbocycles. The fourth-order valence-corrected chi connectivity index (χ4v) is 9.73. The molecule has 56 heavy (non-hydrogen) atoms. The molecule has 4 amide bonds. The number of nitro benzene ring substituents is 2. The van der Waals surface area contributed by atoms with Crippen molar-refractivity contribution in [2.45, 2.75) is 37.5 Å². The number of benzene rings is 5. The second-order valence-electron chi connectivity index (χ2n) is 13.8. The van der Waals surface area contributed by atoms with E-state index in [4.69, 9.17) is 18.9 Å². The summed E-state index contributed by atoms with van der Waals surface area (Å²) >= 11 is 0. The molecule has 2 saturated heterocycles. The number of nitro groups is 2. The number of urea groups is 2. The number of hydrogen-bond donors (Lipinski definition) is 0. The molecule has 4 heterocycles. The average molecular weight is 759 g/mol. The Kier molecular flexibility index (Phi) is 7.55. The van der Waals surface area contributed by atoms with Crippen LogP contribution in [0.1, 0.15) is 33.4 Å². The Morgan fingerprint density at radius 1 is 0.518 bits per heavy atom. The van der Waals surface area contributed by atoms with E-state index in [1.165, 1.54) is 24.0 Å². The third-order valence-corrected chi connectivity index (χ3v) is 11.7. The van der Waals surface area contributed by atoms with Gasteiger partial charge in [-0.3, -0.25) is 39.8 Å². The van der Waals surface area contributed by atoms with E-state index < -0.39 is 56.1 Å². The molecule has 0 atom stereocenters. The zero-order valence-corrected chi connectivity index (χ0v) is 30.7. The number of methoxy groups -OCH3 is 4. The molecule has 0 N–H and O–H groups in total. The molecule has 4 aliphatic heterocycles. The van der Waals surface area contributed by atoms with E-state index in [9.17, 15) is 20.2 Å². The van der Waals surface area contributed by atoms with Gasteiger partial charge in [0.2, 0.25) is 11.5 Å². The monoisotopic (exact) mass is 758 g/mol. The van der Waals surface area contributed by atoms with Gasteiger partial charge in [-0.1, -0.05) is 72.8 Å². The highest BCUT2D eigenvalue weighted by Crippen LogP contribution is 2.67. The first kappa shape index (κ1) is 34.7. The molecular formula is C40H34N6O10.